The number of benzene rings is 1. The van der Waals surface area contributed by atoms with E-state index >= 15 is 0 Å². The standard InChI is InChI=1S/C7H6Cl6Si2/c8-14(9,10)7(15(11,12)13)6-4-2-1-3-5-6/h1-5,7H. The topological polar surface area (TPSA) is 0 Å². The van der Waals surface area contributed by atoms with Gasteiger partial charge in [-0.1, -0.05) is 30.3 Å². The lowest BCUT2D eigenvalue weighted by Crippen LogP contribution is -2.37. The van der Waals surface area contributed by atoms with Gasteiger partial charge in [-0.3, -0.25) is 0 Å². The highest BCUT2D eigenvalue weighted by Crippen LogP contribution is 2.47. The molecule has 0 aliphatic heterocycles. The zero-order chi connectivity index (χ0) is 11.7. The maximum atomic E-state index is 5.97. The van der Waals surface area contributed by atoms with Crippen LogP contribution in [-0.4, -0.2) is 12.0 Å². The van der Waals surface area contributed by atoms with E-state index < -0.39 is 17.2 Å². The third-order valence-electron chi connectivity index (χ3n) is 1.79. The van der Waals surface area contributed by atoms with Crippen molar-refractivity contribution >= 4 is 78.5 Å². The lowest BCUT2D eigenvalue weighted by Gasteiger charge is -2.27. The average Bonchev–Trinajstić information content (AvgIpc) is 2.00. The molecule has 0 saturated heterocycles. The van der Waals surface area contributed by atoms with Crippen LogP contribution in [-0.2, 0) is 0 Å². The summed E-state index contributed by atoms with van der Waals surface area (Å²) in [5, 5.41) is -0.541. The van der Waals surface area contributed by atoms with Gasteiger partial charge in [0.15, 0.2) is 0 Å². The lowest BCUT2D eigenvalue weighted by atomic mass is 10.2. The molecule has 0 spiro atoms. The largest absolute Gasteiger partial charge is 0.349 e. The minimum absolute atomic E-state index is 0.541. The first-order chi connectivity index (χ1) is 6.73. The molecule has 0 atom stereocenters. The van der Waals surface area contributed by atoms with Crippen LogP contribution >= 0.6 is 66.5 Å². The molecular weight excluding hydrogens is 353 g/mol. The van der Waals surface area contributed by atoms with E-state index in [0.717, 1.165) is 5.56 Å². The zero-order valence-electron chi connectivity index (χ0n) is 7.23. The van der Waals surface area contributed by atoms with Gasteiger partial charge in [0.05, 0.1) is 5.16 Å². The molecule has 1 aromatic rings. The molecule has 0 aliphatic rings. The van der Waals surface area contributed by atoms with Crippen LogP contribution < -0.4 is 0 Å². The van der Waals surface area contributed by atoms with Crippen molar-refractivity contribution < 1.29 is 0 Å². The van der Waals surface area contributed by atoms with Gasteiger partial charge in [-0.05, 0) is 5.56 Å². The van der Waals surface area contributed by atoms with Crippen LogP contribution in [0.4, 0.5) is 0 Å². The third kappa shape index (κ3) is 4.28. The first-order valence-corrected chi connectivity index (χ1v) is 14.1. The summed E-state index contributed by atoms with van der Waals surface area (Å²) in [4.78, 5) is 0. The van der Waals surface area contributed by atoms with E-state index in [1.54, 1.807) is 0 Å². The normalized spacial score (nSPS) is 13.3. The van der Waals surface area contributed by atoms with Crippen molar-refractivity contribution in [1.82, 2.24) is 0 Å². The van der Waals surface area contributed by atoms with Crippen molar-refractivity contribution in [2.75, 3.05) is 0 Å². The fourth-order valence-electron chi connectivity index (χ4n) is 1.21. The Morgan fingerprint density at radius 2 is 1.13 bits per heavy atom. The lowest BCUT2D eigenvalue weighted by molar-refractivity contribution is 1.31. The smallest absolute Gasteiger partial charge is 0.126 e. The van der Waals surface area contributed by atoms with Gasteiger partial charge in [0.1, 0.15) is 0 Å². The molecule has 0 nitrogen and oxygen atoms in total. The second-order valence-electron chi connectivity index (χ2n) is 2.93. The Bertz CT molecular complexity index is 302. The minimum atomic E-state index is -3.08. The Kier molecular flexibility index (Phi) is 5.16. The van der Waals surface area contributed by atoms with Crippen molar-refractivity contribution in [1.29, 1.82) is 0 Å². The maximum absolute atomic E-state index is 5.97. The van der Waals surface area contributed by atoms with Gasteiger partial charge in [-0.25, -0.2) is 0 Å². The van der Waals surface area contributed by atoms with Crippen LogP contribution in [0, 0.1) is 0 Å². The summed E-state index contributed by atoms with van der Waals surface area (Å²) in [7, 11) is 0. The van der Waals surface area contributed by atoms with E-state index in [4.69, 9.17) is 66.5 Å². The maximum Gasteiger partial charge on any atom is 0.349 e. The van der Waals surface area contributed by atoms with Crippen molar-refractivity contribution in [3.05, 3.63) is 35.9 Å². The van der Waals surface area contributed by atoms with Gasteiger partial charge in [-0.2, -0.15) is 0 Å². The summed E-state index contributed by atoms with van der Waals surface area (Å²) in [5.41, 5.74) is 0.788. The molecule has 0 heterocycles. The number of rotatable bonds is 3. The quantitative estimate of drug-likeness (QED) is 0.517. The number of hydrogen-bond donors (Lipinski definition) is 0. The molecule has 0 aliphatic carbocycles. The van der Waals surface area contributed by atoms with Crippen molar-refractivity contribution in [3.8, 4) is 0 Å². The molecule has 0 amide bonds. The molecule has 8 heteroatoms. The Morgan fingerprint density at radius 3 is 1.47 bits per heavy atom. The second kappa shape index (κ2) is 5.36. The second-order valence-corrected chi connectivity index (χ2v) is 21.0. The van der Waals surface area contributed by atoms with Crippen LogP contribution in [0.5, 0.6) is 0 Å². The molecule has 0 saturated carbocycles. The van der Waals surface area contributed by atoms with E-state index in [-0.39, 0.29) is 0 Å². The minimum Gasteiger partial charge on any atom is -0.126 e. The van der Waals surface area contributed by atoms with Crippen molar-refractivity contribution in [2.24, 2.45) is 0 Å². The highest BCUT2D eigenvalue weighted by atomic mass is 35.8. The van der Waals surface area contributed by atoms with Crippen LogP contribution in [0.2, 0.25) is 0 Å². The highest BCUT2D eigenvalue weighted by Gasteiger charge is 2.52. The first-order valence-electron chi connectivity index (χ1n) is 3.91. The van der Waals surface area contributed by atoms with Crippen molar-refractivity contribution in [3.63, 3.8) is 0 Å². The van der Waals surface area contributed by atoms with Gasteiger partial charge < -0.3 is 0 Å². The zero-order valence-corrected chi connectivity index (χ0v) is 13.8. The van der Waals surface area contributed by atoms with Crippen LogP contribution in [0.25, 0.3) is 0 Å². The Balaban J connectivity index is 3.15. The Hall–Kier alpha value is 1.39. The van der Waals surface area contributed by atoms with Crippen LogP contribution in [0.15, 0.2) is 30.3 Å². The van der Waals surface area contributed by atoms with E-state index in [2.05, 4.69) is 0 Å². The molecule has 1 rings (SSSR count). The molecule has 84 valence electrons. The first kappa shape index (κ1) is 14.5. The van der Waals surface area contributed by atoms with Crippen molar-refractivity contribution in [2.45, 2.75) is 5.16 Å². The molecule has 0 bridgehead atoms. The van der Waals surface area contributed by atoms with E-state index in [0.29, 0.717) is 0 Å². The van der Waals surface area contributed by atoms with Gasteiger partial charge in [0, 0.05) is 0 Å². The molecule has 0 fully saturated rings. The fraction of sp³-hybridized carbons (Fsp3) is 0.143. The average molecular weight is 359 g/mol. The van der Waals surface area contributed by atoms with E-state index in [1.807, 2.05) is 30.3 Å². The van der Waals surface area contributed by atoms with Crippen LogP contribution in [0.3, 0.4) is 0 Å². The molecular formula is C7H6Cl6Si2. The predicted molar refractivity (Wildman–Crippen MR) is 75.8 cm³/mol. The van der Waals surface area contributed by atoms with Gasteiger partial charge in [0.25, 0.3) is 0 Å². The fourth-order valence-corrected chi connectivity index (χ4v) is 19.5. The van der Waals surface area contributed by atoms with Crippen LogP contribution in [0.1, 0.15) is 10.7 Å². The summed E-state index contributed by atoms with van der Waals surface area (Å²) in [6, 6.07) is 2.99. The third-order valence-corrected chi connectivity index (χ3v) is 13.6. The summed E-state index contributed by atoms with van der Waals surface area (Å²) in [6.45, 7) is 0. The molecule has 0 radical (unpaired) electrons. The Morgan fingerprint density at radius 1 is 0.733 bits per heavy atom. The van der Waals surface area contributed by atoms with Gasteiger partial charge in [-0.15, -0.1) is 66.5 Å². The summed E-state index contributed by atoms with van der Waals surface area (Å²) < 4.78 is 0. The molecule has 0 aromatic heterocycles. The summed E-state index contributed by atoms with van der Waals surface area (Å²) >= 11 is 35.8. The molecule has 0 N–H and O–H groups in total. The monoisotopic (exact) mass is 356 g/mol. The SMILES string of the molecule is Cl[Si](Cl)(Cl)C(c1ccccc1)[Si](Cl)(Cl)Cl. The number of halogens is 6. The van der Waals surface area contributed by atoms with E-state index in [1.165, 1.54) is 0 Å². The highest BCUT2D eigenvalue weighted by molar-refractivity contribution is 7.75. The predicted octanol–water partition coefficient (Wildman–Crippen LogP) is 5.16. The summed E-state index contributed by atoms with van der Waals surface area (Å²) in [6.07, 6.45) is 0. The molecule has 0 unspecified atom stereocenters. The van der Waals surface area contributed by atoms with Gasteiger partial charge in [0.2, 0.25) is 0 Å². The molecule has 1 aromatic carbocycles. The molecule has 15 heavy (non-hydrogen) atoms. The van der Waals surface area contributed by atoms with E-state index in [9.17, 15) is 0 Å². The summed E-state index contributed by atoms with van der Waals surface area (Å²) in [5.74, 6) is 0. The Labute approximate surface area is 119 Å². The number of hydrogen-bond acceptors (Lipinski definition) is 0. The van der Waals surface area contributed by atoms with Gasteiger partial charge >= 0.3 is 12.0 Å².